The number of carbonyl (C=O) groups is 1. The van der Waals surface area contributed by atoms with Crippen LogP contribution in [0.4, 0.5) is 0 Å². The molecule has 2 atom stereocenters. The Hall–Kier alpha value is -2.34. The predicted molar refractivity (Wildman–Crippen MR) is 89.9 cm³/mol. The van der Waals surface area contributed by atoms with Gasteiger partial charge >= 0.3 is 0 Å². The number of likely N-dealkylation sites (tertiary alicyclic amines) is 1. The van der Waals surface area contributed by atoms with Crippen molar-refractivity contribution in [2.45, 2.75) is 37.4 Å². The van der Waals surface area contributed by atoms with Gasteiger partial charge in [-0.05, 0) is 43.0 Å². The number of H-pyrrole nitrogens is 1. The minimum absolute atomic E-state index is 0.0912. The second-order valence-electron chi connectivity index (χ2n) is 6.53. The Morgan fingerprint density at radius 3 is 2.92 bits per heavy atom. The molecule has 1 amide bonds. The monoisotopic (exact) mass is 326 g/mol. The first kappa shape index (κ1) is 15.2. The van der Waals surface area contributed by atoms with Gasteiger partial charge in [-0.1, -0.05) is 12.1 Å². The first-order valence-electron chi connectivity index (χ1n) is 8.46. The van der Waals surface area contributed by atoms with Gasteiger partial charge in [0.25, 0.3) is 5.91 Å². The van der Waals surface area contributed by atoms with E-state index in [1.165, 1.54) is 18.4 Å². The highest BCUT2D eigenvalue weighted by molar-refractivity contribution is 5.92. The molecule has 126 valence electrons. The van der Waals surface area contributed by atoms with Crippen LogP contribution in [-0.2, 0) is 0 Å². The third-order valence-electron chi connectivity index (χ3n) is 4.95. The second-order valence-corrected chi connectivity index (χ2v) is 6.53. The Labute approximate surface area is 141 Å². The third kappa shape index (κ3) is 2.89. The van der Waals surface area contributed by atoms with Gasteiger partial charge in [-0.3, -0.25) is 14.8 Å². The van der Waals surface area contributed by atoms with Crippen molar-refractivity contribution in [1.82, 2.24) is 20.4 Å². The number of aromatic nitrogens is 2. The Balaban J connectivity index is 1.59. The standard InChI is InChI=1S/C18H22N4O2/c1-24-14-4-2-3-12(11-14)17-15(8-10-22(17)13-5-6-13)20-18(23)16-7-9-19-21-16/h2-4,7,9,11,13,15,17H,5-6,8,10H2,1H3,(H,19,21)(H,20,23)/t15-,17+/m1/s1. The smallest absolute Gasteiger partial charge is 0.269 e. The van der Waals surface area contributed by atoms with Crippen molar-refractivity contribution in [3.8, 4) is 5.75 Å². The van der Waals surface area contributed by atoms with Gasteiger partial charge in [-0.15, -0.1) is 0 Å². The summed E-state index contributed by atoms with van der Waals surface area (Å²) in [4.78, 5) is 15.0. The molecule has 1 saturated carbocycles. The van der Waals surface area contributed by atoms with Crippen molar-refractivity contribution in [2.24, 2.45) is 0 Å². The van der Waals surface area contributed by atoms with Crippen molar-refractivity contribution in [3.63, 3.8) is 0 Å². The van der Waals surface area contributed by atoms with Gasteiger partial charge in [0.2, 0.25) is 0 Å². The summed E-state index contributed by atoms with van der Waals surface area (Å²) in [6, 6.07) is 10.8. The predicted octanol–water partition coefficient (Wildman–Crippen LogP) is 2.13. The molecule has 6 heteroatoms. The fourth-order valence-electron chi connectivity index (χ4n) is 3.66. The Bertz CT molecular complexity index is 712. The lowest BCUT2D eigenvalue weighted by Crippen LogP contribution is -2.40. The highest BCUT2D eigenvalue weighted by atomic mass is 16.5. The summed E-state index contributed by atoms with van der Waals surface area (Å²) in [5, 5.41) is 9.78. The van der Waals surface area contributed by atoms with E-state index in [0.717, 1.165) is 18.7 Å². The summed E-state index contributed by atoms with van der Waals surface area (Å²) < 4.78 is 5.38. The SMILES string of the molecule is COc1cccc([C@H]2[C@H](NC(=O)c3ccn[nH]3)CCN2C2CC2)c1. The minimum Gasteiger partial charge on any atom is -0.497 e. The highest BCUT2D eigenvalue weighted by Crippen LogP contribution is 2.41. The van der Waals surface area contributed by atoms with E-state index in [2.05, 4.69) is 32.5 Å². The number of nitrogens with one attached hydrogen (secondary N) is 2. The summed E-state index contributed by atoms with van der Waals surface area (Å²) in [6.45, 7) is 1.01. The lowest BCUT2D eigenvalue weighted by Gasteiger charge is -2.29. The molecule has 4 rings (SSSR count). The second kappa shape index (κ2) is 6.28. The zero-order valence-electron chi connectivity index (χ0n) is 13.7. The zero-order valence-corrected chi connectivity index (χ0v) is 13.7. The van der Waals surface area contributed by atoms with E-state index in [1.54, 1.807) is 19.4 Å². The molecule has 1 aromatic heterocycles. The third-order valence-corrected chi connectivity index (χ3v) is 4.95. The van der Waals surface area contributed by atoms with Crippen LogP contribution in [0.2, 0.25) is 0 Å². The molecule has 6 nitrogen and oxygen atoms in total. The molecule has 0 bridgehead atoms. The van der Waals surface area contributed by atoms with Crippen LogP contribution in [0.1, 0.15) is 41.4 Å². The maximum absolute atomic E-state index is 12.4. The molecule has 2 fully saturated rings. The van der Waals surface area contributed by atoms with Crippen molar-refractivity contribution < 1.29 is 9.53 Å². The van der Waals surface area contributed by atoms with Crippen LogP contribution in [0.5, 0.6) is 5.75 Å². The van der Waals surface area contributed by atoms with Crippen molar-refractivity contribution in [1.29, 1.82) is 0 Å². The molecule has 2 heterocycles. The van der Waals surface area contributed by atoms with Crippen LogP contribution < -0.4 is 10.1 Å². The molecule has 1 aliphatic heterocycles. The van der Waals surface area contributed by atoms with E-state index in [-0.39, 0.29) is 18.0 Å². The minimum atomic E-state index is -0.0944. The summed E-state index contributed by atoms with van der Waals surface area (Å²) in [6.07, 6.45) is 5.06. The molecule has 2 N–H and O–H groups in total. The molecular weight excluding hydrogens is 304 g/mol. The van der Waals surface area contributed by atoms with Gasteiger partial charge in [0.15, 0.2) is 0 Å². The lowest BCUT2D eigenvalue weighted by atomic mass is 9.99. The molecule has 0 unspecified atom stereocenters. The summed E-state index contributed by atoms with van der Waals surface area (Å²) in [5.41, 5.74) is 1.71. The quantitative estimate of drug-likeness (QED) is 0.883. The van der Waals surface area contributed by atoms with E-state index in [1.807, 2.05) is 12.1 Å². The van der Waals surface area contributed by atoms with Gasteiger partial charge in [0.05, 0.1) is 19.2 Å². The Kier molecular flexibility index (Phi) is 3.98. The number of ether oxygens (including phenoxy) is 1. The number of nitrogens with zero attached hydrogens (tertiary/aromatic N) is 2. The van der Waals surface area contributed by atoms with Gasteiger partial charge in [0, 0.05) is 18.8 Å². The fraction of sp³-hybridized carbons (Fsp3) is 0.444. The summed E-state index contributed by atoms with van der Waals surface area (Å²) in [7, 11) is 1.68. The average Bonchev–Trinajstić information content (AvgIpc) is 3.14. The number of aromatic amines is 1. The van der Waals surface area contributed by atoms with Gasteiger partial charge in [-0.2, -0.15) is 5.10 Å². The molecule has 2 aliphatic rings. The molecule has 0 radical (unpaired) electrons. The van der Waals surface area contributed by atoms with Crippen LogP contribution in [0, 0.1) is 0 Å². The van der Waals surface area contributed by atoms with E-state index in [4.69, 9.17) is 4.74 Å². The number of benzene rings is 1. The highest BCUT2D eigenvalue weighted by Gasteiger charge is 2.43. The molecule has 0 spiro atoms. The number of rotatable bonds is 5. The summed E-state index contributed by atoms with van der Waals surface area (Å²) in [5.74, 6) is 0.761. The van der Waals surface area contributed by atoms with E-state index >= 15 is 0 Å². The van der Waals surface area contributed by atoms with Crippen molar-refractivity contribution in [3.05, 3.63) is 47.8 Å². The van der Waals surface area contributed by atoms with E-state index < -0.39 is 0 Å². The van der Waals surface area contributed by atoms with Crippen LogP contribution >= 0.6 is 0 Å². The van der Waals surface area contributed by atoms with Crippen LogP contribution in [0.25, 0.3) is 0 Å². The van der Waals surface area contributed by atoms with Gasteiger partial charge in [0.1, 0.15) is 11.4 Å². The van der Waals surface area contributed by atoms with Crippen LogP contribution in [0.3, 0.4) is 0 Å². The molecule has 24 heavy (non-hydrogen) atoms. The molecule has 1 saturated heterocycles. The van der Waals surface area contributed by atoms with Crippen LogP contribution in [0.15, 0.2) is 36.5 Å². The Morgan fingerprint density at radius 2 is 2.21 bits per heavy atom. The van der Waals surface area contributed by atoms with Gasteiger partial charge < -0.3 is 10.1 Å². The summed E-state index contributed by atoms with van der Waals surface area (Å²) >= 11 is 0. The van der Waals surface area contributed by atoms with Gasteiger partial charge in [-0.25, -0.2) is 0 Å². The number of amides is 1. The topological polar surface area (TPSA) is 70.2 Å². The largest absolute Gasteiger partial charge is 0.497 e. The first-order chi connectivity index (χ1) is 11.8. The number of hydrogen-bond donors (Lipinski definition) is 2. The maximum Gasteiger partial charge on any atom is 0.269 e. The lowest BCUT2D eigenvalue weighted by molar-refractivity contribution is 0.0918. The molecule has 1 aromatic carbocycles. The normalized spacial score (nSPS) is 24.0. The number of carbonyl (C=O) groups excluding carboxylic acids is 1. The van der Waals surface area contributed by atoms with E-state index in [0.29, 0.717) is 11.7 Å². The number of hydrogen-bond acceptors (Lipinski definition) is 4. The Morgan fingerprint density at radius 1 is 1.33 bits per heavy atom. The van der Waals surface area contributed by atoms with E-state index in [9.17, 15) is 4.79 Å². The average molecular weight is 326 g/mol. The maximum atomic E-state index is 12.4. The fourth-order valence-corrected chi connectivity index (χ4v) is 3.66. The van der Waals surface area contributed by atoms with Crippen LogP contribution in [-0.4, -0.2) is 46.7 Å². The zero-order chi connectivity index (χ0) is 16.5. The molecular formula is C18H22N4O2. The molecule has 2 aromatic rings. The molecule has 1 aliphatic carbocycles. The first-order valence-corrected chi connectivity index (χ1v) is 8.46. The van der Waals surface area contributed by atoms with Crippen molar-refractivity contribution >= 4 is 5.91 Å². The van der Waals surface area contributed by atoms with Crippen molar-refractivity contribution in [2.75, 3.05) is 13.7 Å². The number of methoxy groups -OCH3 is 1.